The molecule has 1 aliphatic rings. The van der Waals surface area contributed by atoms with Gasteiger partial charge in [0.25, 0.3) is 0 Å². The predicted molar refractivity (Wildman–Crippen MR) is 86.8 cm³/mol. The standard InChI is InChI=1S/C17H15BrClFO/c1-17(2)9-21-15-6-3-10(7-13(15)17)16(19)12-8-11(18)4-5-14(12)20/h3-8,16H,9H2,1-2H3. The summed E-state index contributed by atoms with van der Waals surface area (Å²) in [6.07, 6.45) is 0. The van der Waals surface area contributed by atoms with Crippen LogP contribution in [0.3, 0.4) is 0 Å². The van der Waals surface area contributed by atoms with Gasteiger partial charge in [-0.05, 0) is 35.9 Å². The van der Waals surface area contributed by atoms with Crippen molar-refractivity contribution in [2.75, 3.05) is 6.61 Å². The molecule has 3 rings (SSSR count). The highest BCUT2D eigenvalue weighted by Gasteiger charge is 2.32. The van der Waals surface area contributed by atoms with Crippen molar-refractivity contribution >= 4 is 27.5 Å². The maximum atomic E-state index is 14.0. The summed E-state index contributed by atoms with van der Waals surface area (Å²) in [5.41, 5.74) is 2.44. The van der Waals surface area contributed by atoms with Gasteiger partial charge in [-0.3, -0.25) is 0 Å². The van der Waals surface area contributed by atoms with Gasteiger partial charge in [0.15, 0.2) is 0 Å². The Hall–Kier alpha value is -1.06. The number of halogens is 3. The van der Waals surface area contributed by atoms with Gasteiger partial charge in [0.05, 0.1) is 12.0 Å². The lowest BCUT2D eigenvalue weighted by molar-refractivity contribution is 0.291. The zero-order valence-electron chi connectivity index (χ0n) is 11.8. The zero-order chi connectivity index (χ0) is 15.2. The summed E-state index contributed by atoms with van der Waals surface area (Å²) in [7, 11) is 0. The van der Waals surface area contributed by atoms with Crippen LogP contribution in [0.15, 0.2) is 40.9 Å². The molecule has 0 fully saturated rings. The highest BCUT2D eigenvalue weighted by atomic mass is 79.9. The third-order valence-electron chi connectivity index (χ3n) is 3.85. The molecule has 0 aromatic heterocycles. The Morgan fingerprint density at radius 2 is 2.00 bits per heavy atom. The van der Waals surface area contributed by atoms with Crippen LogP contribution in [-0.2, 0) is 5.41 Å². The number of hydrogen-bond acceptors (Lipinski definition) is 1. The molecular weight excluding hydrogens is 355 g/mol. The Labute approximate surface area is 137 Å². The van der Waals surface area contributed by atoms with Gasteiger partial charge in [0.2, 0.25) is 0 Å². The zero-order valence-corrected chi connectivity index (χ0v) is 14.1. The number of benzene rings is 2. The van der Waals surface area contributed by atoms with Crippen LogP contribution in [0.4, 0.5) is 4.39 Å². The second-order valence-electron chi connectivity index (χ2n) is 5.96. The lowest BCUT2D eigenvalue weighted by Crippen LogP contribution is -2.18. The van der Waals surface area contributed by atoms with Crippen molar-refractivity contribution in [2.24, 2.45) is 0 Å². The van der Waals surface area contributed by atoms with E-state index in [4.69, 9.17) is 16.3 Å². The van der Waals surface area contributed by atoms with Crippen molar-refractivity contribution in [3.05, 3.63) is 63.4 Å². The van der Waals surface area contributed by atoms with Gasteiger partial charge >= 0.3 is 0 Å². The molecule has 0 N–H and O–H groups in total. The Balaban J connectivity index is 2.03. The first kappa shape index (κ1) is 14.9. The van der Waals surface area contributed by atoms with E-state index in [2.05, 4.69) is 29.8 Å². The highest BCUT2D eigenvalue weighted by Crippen LogP contribution is 2.41. The van der Waals surface area contributed by atoms with Gasteiger partial charge in [-0.1, -0.05) is 35.8 Å². The molecule has 1 aliphatic heterocycles. The van der Waals surface area contributed by atoms with Gasteiger partial charge in [0.1, 0.15) is 11.6 Å². The summed E-state index contributed by atoms with van der Waals surface area (Å²) < 4.78 is 20.5. The first-order chi connectivity index (χ1) is 9.88. The largest absolute Gasteiger partial charge is 0.492 e. The van der Waals surface area contributed by atoms with E-state index >= 15 is 0 Å². The van der Waals surface area contributed by atoms with Crippen LogP contribution in [0.1, 0.15) is 35.9 Å². The van der Waals surface area contributed by atoms with Gasteiger partial charge in [-0.2, -0.15) is 0 Å². The smallest absolute Gasteiger partial charge is 0.128 e. The fourth-order valence-corrected chi connectivity index (χ4v) is 3.27. The van der Waals surface area contributed by atoms with Gasteiger partial charge in [0, 0.05) is 21.0 Å². The molecule has 4 heteroatoms. The average molecular weight is 370 g/mol. The van der Waals surface area contributed by atoms with Gasteiger partial charge in [-0.15, -0.1) is 11.6 Å². The summed E-state index contributed by atoms with van der Waals surface area (Å²) in [5.74, 6) is 0.594. The van der Waals surface area contributed by atoms with E-state index in [0.29, 0.717) is 12.2 Å². The van der Waals surface area contributed by atoms with Crippen LogP contribution in [0.25, 0.3) is 0 Å². The molecule has 1 unspecified atom stereocenters. The van der Waals surface area contributed by atoms with Crippen molar-refractivity contribution in [1.29, 1.82) is 0 Å². The minimum absolute atomic E-state index is 0.0439. The molecule has 0 spiro atoms. The maximum Gasteiger partial charge on any atom is 0.128 e. The van der Waals surface area contributed by atoms with Crippen LogP contribution < -0.4 is 4.74 Å². The number of alkyl halides is 1. The van der Waals surface area contributed by atoms with Crippen molar-refractivity contribution in [1.82, 2.24) is 0 Å². The van der Waals surface area contributed by atoms with Crippen LogP contribution in [0.5, 0.6) is 5.75 Å². The molecule has 1 nitrogen and oxygen atoms in total. The predicted octanol–water partition coefficient (Wildman–Crippen LogP) is 5.59. The first-order valence-electron chi connectivity index (χ1n) is 6.75. The van der Waals surface area contributed by atoms with Gasteiger partial charge < -0.3 is 4.74 Å². The maximum absolute atomic E-state index is 14.0. The summed E-state index contributed by atoms with van der Waals surface area (Å²) in [4.78, 5) is 0. The van der Waals surface area contributed by atoms with E-state index in [-0.39, 0.29) is 11.2 Å². The molecule has 21 heavy (non-hydrogen) atoms. The molecule has 1 heterocycles. The Kier molecular flexibility index (Phi) is 3.74. The number of ether oxygens (including phenoxy) is 1. The van der Waals surface area contributed by atoms with Crippen LogP contribution >= 0.6 is 27.5 Å². The van der Waals surface area contributed by atoms with Crippen molar-refractivity contribution < 1.29 is 9.13 Å². The highest BCUT2D eigenvalue weighted by molar-refractivity contribution is 9.10. The monoisotopic (exact) mass is 368 g/mol. The molecule has 110 valence electrons. The molecule has 0 aliphatic carbocycles. The van der Waals surface area contributed by atoms with E-state index < -0.39 is 5.38 Å². The second-order valence-corrected chi connectivity index (χ2v) is 7.31. The van der Waals surface area contributed by atoms with Crippen molar-refractivity contribution in [2.45, 2.75) is 24.6 Å². The Bertz CT molecular complexity index is 699. The molecule has 0 bridgehead atoms. The third kappa shape index (κ3) is 2.69. The molecule has 0 amide bonds. The fraction of sp³-hybridized carbons (Fsp3) is 0.294. The molecule has 0 saturated heterocycles. The van der Waals surface area contributed by atoms with Crippen LogP contribution in [-0.4, -0.2) is 6.61 Å². The molecule has 2 aromatic rings. The number of rotatable bonds is 2. The summed E-state index contributed by atoms with van der Waals surface area (Å²) in [5, 5.41) is -0.524. The summed E-state index contributed by atoms with van der Waals surface area (Å²) in [6.45, 7) is 4.92. The van der Waals surface area contributed by atoms with Crippen molar-refractivity contribution in [3.63, 3.8) is 0 Å². The Morgan fingerprint density at radius 3 is 2.76 bits per heavy atom. The van der Waals surface area contributed by atoms with E-state index in [9.17, 15) is 4.39 Å². The lowest BCUT2D eigenvalue weighted by Gasteiger charge is -2.18. The SMILES string of the molecule is CC1(C)COc2ccc(C(Cl)c3cc(Br)ccc3F)cc21. The van der Waals surface area contributed by atoms with Crippen LogP contribution in [0, 0.1) is 5.82 Å². The number of fused-ring (bicyclic) bond motifs is 1. The molecule has 0 radical (unpaired) electrons. The van der Waals surface area contributed by atoms with Crippen LogP contribution in [0.2, 0.25) is 0 Å². The first-order valence-corrected chi connectivity index (χ1v) is 7.98. The quantitative estimate of drug-likeness (QED) is 0.627. The minimum Gasteiger partial charge on any atom is -0.492 e. The molecule has 1 atom stereocenters. The summed E-state index contributed by atoms with van der Waals surface area (Å²) >= 11 is 9.86. The molecular formula is C17H15BrClFO. The Morgan fingerprint density at radius 1 is 1.24 bits per heavy atom. The van der Waals surface area contributed by atoms with E-state index in [1.807, 2.05) is 18.2 Å². The lowest BCUT2D eigenvalue weighted by atomic mass is 9.85. The van der Waals surface area contributed by atoms with E-state index in [1.54, 1.807) is 12.1 Å². The molecule has 2 aromatic carbocycles. The average Bonchev–Trinajstić information content (AvgIpc) is 2.76. The minimum atomic E-state index is -0.524. The number of hydrogen-bond donors (Lipinski definition) is 0. The van der Waals surface area contributed by atoms with E-state index in [0.717, 1.165) is 21.3 Å². The second kappa shape index (κ2) is 5.29. The third-order valence-corrected chi connectivity index (χ3v) is 4.83. The van der Waals surface area contributed by atoms with Gasteiger partial charge in [-0.25, -0.2) is 4.39 Å². The summed E-state index contributed by atoms with van der Waals surface area (Å²) in [6, 6.07) is 10.7. The van der Waals surface area contributed by atoms with Crippen molar-refractivity contribution in [3.8, 4) is 5.75 Å². The molecule has 0 saturated carbocycles. The van der Waals surface area contributed by atoms with E-state index in [1.165, 1.54) is 6.07 Å². The fourth-order valence-electron chi connectivity index (χ4n) is 2.58. The normalized spacial score (nSPS) is 17.2. The topological polar surface area (TPSA) is 9.23 Å².